The van der Waals surface area contributed by atoms with Gasteiger partial charge in [-0.15, -0.1) is 0 Å². The lowest BCUT2D eigenvalue weighted by molar-refractivity contribution is -0.157. The molecule has 2 aromatic rings. The smallest absolute Gasteiger partial charge is 0.311 e. The molecule has 2 aliphatic rings. The van der Waals surface area contributed by atoms with Crippen molar-refractivity contribution in [1.82, 2.24) is 14.7 Å². The Morgan fingerprint density at radius 3 is 2.78 bits per heavy atom. The Balaban J connectivity index is 1.62. The van der Waals surface area contributed by atoms with Gasteiger partial charge in [0.15, 0.2) is 0 Å². The second-order valence-corrected chi connectivity index (χ2v) is 7.36. The van der Waals surface area contributed by atoms with Gasteiger partial charge in [0, 0.05) is 38.0 Å². The summed E-state index contributed by atoms with van der Waals surface area (Å²) in [4.78, 5) is 38.7. The van der Waals surface area contributed by atoms with Gasteiger partial charge in [-0.25, -0.2) is 4.68 Å². The van der Waals surface area contributed by atoms with Gasteiger partial charge in [0.05, 0.1) is 29.5 Å². The number of carboxylic acid groups (broad SMARTS) is 1. The zero-order chi connectivity index (χ0) is 19.2. The fraction of sp³-hybridized carbons (Fsp3) is 0.474. The molecule has 0 spiro atoms. The molecule has 0 radical (unpaired) electrons. The van der Waals surface area contributed by atoms with Crippen LogP contribution in [0, 0.1) is 11.3 Å². The molecule has 2 saturated heterocycles. The van der Waals surface area contributed by atoms with E-state index >= 15 is 0 Å². The number of rotatable bonds is 3. The third-order valence-electron chi connectivity index (χ3n) is 5.84. The monoisotopic (exact) mass is 371 g/mol. The third kappa shape index (κ3) is 2.80. The maximum atomic E-state index is 12.9. The number of carboxylic acids is 1. The second kappa shape index (κ2) is 6.45. The molecule has 1 amide bonds. The summed E-state index contributed by atoms with van der Waals surface area (Å²) in [5.74, 6) is -1.24. The summed E-state index contributed by atoms with van der Waals surface area (Å²) in [6.07, 6.45) is 0.440. The number of hydrogen-bond acceptors (Lipinski definition) is 5. The van der Waals surface area contributed by atoms with Crippen molar-refractivity contribution in [1.29, 1.82) is 0 Å². The summed E-state index contributed by atoms with van der Waals surface area (Å²) < 4.78 is 6.68. The maximum Gasteiger partial charge on any atom is 0.311 e. The van der Waals surface area contributed by atoms with Gasteiger partial charge in [-0.05, 0) is 12.5 Å². The number of amides is 1. The zero-order valence-electron chi connectivity index (χ0n) is 15.1. The van der Waals surface area contributed by atoms with E-state index in [-0.39, 0.29) is 30.3 Å². The topological polar surface area (TPSA) is 102 Å². The summed E-state index contributed by atoms with van der Waals surface area (Å²) in [6, 6.07) is 7.08. The summed E-state index contributed by atoms with van der Waals surface area (Å²) >= 11 is 0. The van der Waals surface area contributed by atoms with Crippen LogP contribution in [0.25, 0.3) is 10.8 Å². The maximum absolute atomic E-state index is 12.9. The highest BCUT2D eigenvalue weighted by atomic mass is 16.5. The Morgan fingerprint density at radius 1 is 1.33 bits per heavy atom. The number of carbonyl (C=O) groups excluding carboxylic acids is 1. The van der Waals surface area contributed by atoms with Crippen molar-refractivity contribution in [3.05, 3.63) is 40.3 Å². The summed E-state index contributed by atoms with van der Waals surface area (Å²) in [7, 11) is 1.56. The summed E-state index contributed by atoms with van der Waals surface area (Å²) in [6.45, 7) is 1.32. The number of likely N-dealkylation sites (tertiary alicyclic amines) is 1. The fourth-order valence-electron chi connectivity index (χ4n) is 4.25. The lowest BCUT2D eigenvalue weighted by atomic mass is 9.74. The van der Waals surface area contributed by atoms with Crippen molar-refractivity contribution >= 4 is 22.6 Å². The summed E-state index contributed by atoms with van der Waals surface area (Å²) in [5.41, 5.74) is -0.614. The summed E-state index contributed by atoms with van der Waals surface area (Å²) in [5, 5.41) is 15.2. The van der Waals surface area contributed by atoms with E-state index in [0.717, 1.165) is 0 Å². The molecule has 1 aromatic heterocycles. The van der Waals surface area contributed by atoms with Gasteiger partial charge in [-0.2, -0.15) is 5.10 Å². The molecule has 4 rings (SSSR count). The number of nitrogens with zero attached hydrogens (tertiary/aromatic N) is 3. The van der Waals surface area contributed by atoms with Crippen LogP contribution in [0.2, 0.25) is 0 Å². The minimum absolute atomic E-state index is 0.0257. The van der Waals surface area contributed by atoms with Gasteiger partial charge in [-0.1, -0.05) is 18.2 Å². The van der Waals surface area contributed by atoms with Crippen molar-refractivity contribution in [2.45, 2.75) is 12.8 Å². The fourth-order valence-corrected chi connectivity index (χ4v) is 4.25. The van der Waals surface area contributed by atoms with Crippen molar-refractivity contribution in [3.63, 3.8) is 0 Å². The van der Waals surface area contributed by atoms with Crippen LogP contribution < -0.4 is 5.56 Å². The minimum Gasteiger partial charge on any atom is -0.481 e. The van der Waals surface area contributed by atoms with E-state index in [1.807, 2.05) is 0 Å². The molecule has 1 N–H and O–H groups in total. The number of aliphatic carboxylic acids is 1. The number of fused-ring (bicyclic) bond motifs is 2. The number of ether oxygens (including phenoxy) is 1. The molecular formula is C19H21N3O5. The van der Waals surface area contributed by atoms with E-state index < -0.39 is 11.4 Å². The van der Waals surface area contributed by atoms with E-state index in [9.17, 15) is 19.5 Å². The van der Waals surface area contributed by atoms with Crippen LogP contribution >= 0.6 is 0 Å². The molecule has 1 aromatic carbocycles. The number of carbonyl (C=O) groups is 2. The van der Waals surface area contributed by atoms with E-state index in [2.05, 4.69) is 5.10 Å². The first-order valence-electron chi connectivity index (χ1n) is 8.96. The van der Waals surface area contributed by atoms with E-state index in [1.54, 1.807) is 36.2 Å². The third-order valence-corrected chi connectivity index (χ3v) is 5.84. The molecule has 8 nitrogen and oxygen atoms in total. The highest BCUT2D eigenvalue weighted by Crippen LogP contribution is 2.42. The Kier molecular flexibility index (Phi) is 4.22. The van der Waals surface area contributed by atoms with Gasteiger partial charge < -0.3 is 14.7 Å². The van der Waals surface area contributed by atoms with Crippen molar-refractivity contribution < 1.29 is 19.4 Å². The van der Waals surface area contributed by atoms with Crippen LogP contribution in [0.4, 0.5) is 0 Å². The van der Waals surface area contributed by atoms with E-state index in [1.165, 1.54) is 4.68 Å². The average molecular weight is 371 g/mol. The van der Waals surface area contributed by atoms with Gasteiger partial charge in [0.1, 0.15) is 0 Å². The largest absolute Gasteiger partial charge is 0.481 e. The predicted molar refractivity (Wildman–Crippen MR) is 96.3 cm³/mol. The lowest BCUT2D eigenvalue weighted by Crippen LogP contribution is -2.45. The van der Waals surface area contributed by atoms with Crippen LogP contribution in [0.15, 0.2) is 29.1 Å². The van der Waals surface area contributed by atoms with Gasteiger partial charge in [-0.3, -0.25) is 14.4 Å². The first-order valence-corrected chi connectivity index (χ1v) is 8.96. The molecule has 2 atom stereocenters. The molecule has 2 fully saturated rings. The Labute approximate surface area is 155 Å². The standard InChI is InChI=1S/C19H21N3O5/c1-21-17(24)14-5-3-2-4-13(14)15(20-21)8-16(23)22-9-12-10-27-7-6-19(12,11-22)18(25)26/h2-5,12H,6-11H2,1H3,(H,25,26)/t12-,19+/m0/s1. The van der Waals surface area contributed by atoms with Crippen LogP contribution in [0.1, 0.15) is 12.1 Å². The van der Waals surface area contributed by atoms with Crippen molar-refractivity contribution in [2.75, 3.05) is 26.3 Å². The van der Waals surface area contributed by atoms with Crippen molar-refractivity contribution in [2.24, 2.45) is 18.4 Å². The predicted octanol–water partition coefficient (Wildman–Crippen LogP) is 0.426. The van der Waals surface area contributed by atoms with Gasteiger partial charge in [0.2, 0.25) is 5.91 Å². The van der Waals surface area contributed by atoms with Gasteiger partial charge >= 0.3 is 5.97 Å². The molecule has 0 saturated carbocycles. The Bertz CT molecular complexity index is 985. The minimum atomic E-state index is -0.924. The molecule has 0 aliphatic carbocycles. The molecule has 8 heteroatoms. The number of hydrogen-bond donors (Lipinski definition) is 1. The number of aromatic nitrogens is 2. The molecule has 0 unspecified atom stereocenters. The van der Waals surface area contributed by atoms with E-state index in [0.29, 0.717) is 42.6 Å². The molecule has 3 heterocycles. The highest BCUT2D eigenvalue weighted by molar-refractivity contribution is 5.89. The SMILES string of the molecule is Cn1nc(CC(=O)N2C[C@H]3COCC[C@@]3(C(=O)O)C2)c2ccccc2c1=O. The highest BCUT2D eigenvalue weighted by Gasteiger charge is 2.54. The first kappa shape index (κ1) is 17.7. The van der Waals surface area contributed by atoms with Crippen LogP contribution in [0.3, 0.4) is 0 Å². The average Bonchev–Trinajstić information content (AvgIpc) is 3.07. The Morgan fingerprint density at radius 2 is 2.07 bits per heavy atom. The van der Waals surface area contributed by atoms with Crippen LogP contribution in [-0.4, -0.2) is 58.0 Å². The molecular weight excluding hydrogens is 350 g/mol. The van der Waals surface area contributed by atoms with Crippen LogP contribution in [-0.2, 0) is 27.8 Å². The molecule has 142 valence electrons. The van der Waals surface area contributed by atoms with E-state index in [4.69, 9.17) is 4.74 Å². The first-order chi connectivity index (χ1) is 12.9. The Hall–Kier alpha value is -2.74. The number of benzene rings is 1. The normalized spacial score (nSPS) is 24.8. The second-order valence-electron chi connectivity index (χ2n) is 7.36. The zero-order valence-corrected chi connectivity index (χ0v) is 15.1. The quantitative estimate of drug-likeness (QED) is 0.839. The van der Waals surface area contributed by atoms with Gasteiger partial charge in [0.25, 0.3) is 5.56 Å². The molecule has 0 bridgehead atoms. The lowest BCUT2D eigenvalue weighted by Gasteiger charge is -2.33. The molecule has 27 heavy (non-hydrogen) atoms. The number of aryl methyl sites for hydroxylation is 1. The van der Waals surface area contributed by atoms with Crippen molar-refractivity contribution in [3.8, 4) is 0 Å². The molecule has 2 aliphatic heterocycles. The van der Waals surface area contributed by atoms with Crippen LogP contribution in [0.5, 0.6) is 0 Å².